The van der Waals surface area contributed by atoms with Gasteiger partial charge in [0.25, 0.3) is 0 Å². The quantitative estimate of drug-likeness (QED) is 0.853. The van der Waals surface area contributed by atoms with Crippen LogP contribution in [0.2, 0.25) is 0 Å². The molecule has 0 spiro atoms. The Morgan fingerprint density at radius 3 is 2.83 bits per heavy atom. The smallest absolute Gasteiger partial charge is 0.0288 e. The first-order valence-corrected chi connectivity index (χ1v) is 7.99. The van der Waals surface area contributed by atoms with Gasteiger partial charge in [-0.05, 0) is 62.6 Å². The normalized spacial score (nSPS) is 25.2. The maximum absolute atomic E-state index is 4.10. The minimum Gasteiger partial charge on any atom is -0.312 e. The molecule has 1 N–H and O–H groups in total. The van der Waals surface area contributed by atoms with Crippen LogP contribution in [0.5, 0.6) is 0 Å². The Morgan fingerprint density at radius 2 is 2.22 bits per heavy atom. The molecule has 18 heavy (non-hydrogen) atoms. The Bertz CT molecular complexity index is 347. The molecule has 100 valence electrons. The maximum atomic E-state index is 4.10. The van der Waals surface area contributed by atoms with E-state index in [0.29, 0.717) is 10.8 Å². The van der Waals surface area contributed by atoms with Gasteiger partial charge in [-0.15, -0.1) is 0 Å². The Morgan fingerprint density at radius 1 is 1.44 bits per heavy atom. The first-order valence-electron chi connectivity index (χ1n) is 7.01. The number of nitrogens with zero attached hydrogens (tertiary/aromatic N) is 1. The van der Waals surface area contributed by atoms with Crippen molar-refractivity contribution >= 4 is 11.8 Å². The van der Waals surface area contributed by atoms with Crippen LogP contribution in [0.15, 0.2) is 24.5 Å². The second kappa shape index (κ2) is 6.58. The van der Waals surface area contributed by atoms with Gasteiger partial charge in [-0.2, -0.15) is 11.8 Å². The van der Waals surface area contributed by atoms with E-state index in [9.17, 15) is 0 Å². The molecule has 2 heterocycles. The van der Waals surface area contributed by atoms with E-state index >= 15 is 0 Å². The first kappa shape index (κ1) is 13.9. The Labute approximate surface area is 115 Å². The summed E-state index contributed by atoms with van der Waals surface area (Å²) < 4.78 is 0.401. The van der Waals surface area contributed by atoms with Gasteiger partial charge in [-0.3, -0.25) is 4.98 Å². The molecule has 0 saturated carbocycles. The summed E-state index contributed by atoms with van der Waals surface area (Å²) in [6.07, 6.45) is 8.82. The standard InChI is InChI=1S/C15H24N2S/c1-3-8-17-14(15(2)7-4-11-18-15)12-13-5-9-16-10-6-13/h5-6,9-10,14,17H,3-4,7-8,11-12H2,1-2H3. The van der Waals surface area contributed by atoms with Crippen LogP contribution < -0.4 is 5.32 Å². The van der Waals surface area contributed by atoms with E-state index in [1.165, 1.54) is 30.6 Å². The molecule has 0 amide bonds. The van der Waals surface area contributed by atoms with Crippen molar-refractivity contribution in [2.45, 2.75) is 50.3 Å². The highest BCUT2D eigenvalue weighted by Crippen LogP contribution is 2.41. The predicted octanol–water partition coefficient (Wildman–Crippen LogP) is 3.28. The largest absolute Gasteiger partial charge is 0.312 e. The molecule has 2 nitrogen and oxygen atoms in total. The molecule has 1 fully saturated rings. The molecule has 0 bridgehead atoms. The molecule has 1 aromatic rings. The summed E-state index contributed by atoms with van der Waals surface area (Å²) in [6.45, 7) is 5.78. The van der Waals surface area contributed by atoms with Crippen molar-refractivity contribution in [2.75, 3.05) is 12.3 Å². The van der Waals surface area contributed by atoms with Crippen LogP contribution in [0.4, 0.5) is 0 Å². The maximum Gasteiger partial charge on any atom is 0.0288 e. The summed E-state index contributed by atoms with van der Waals surface area (Å²) in [5.74, 6) is 1.32. The summed E-state index contributed by atoms with van der Waals surface area (Å²) in [6, 6.07) is 4.86. The minimum absolute atomic E-state index is 0.401. The molecular weight excluding hydrogens is 240 g/mol. The van der Waals surface area contributed by atoms with Gasteiger partial charge in [0.15, 0.2) is 0 Å². The number of aromatic nitrogens is 1. The van der Waals surface area contributed by atoms with Crippen LogP contribution >= 0.6 is 11.8 Å². The van der Waals surface area contributed by atoms with Crippen molar-refractivity contribution in [1.29, 1.82) is 0 Å². The van der Waals surface area contributed by atoms with E-state index in [4.69, 9.17) is 0 Å². The fourth-order valence-corrected chi connectivity index (χ4v) is 4.06. The fraction of sp³-hybridized carbons (Fsp3) is 0.667. The van der Waals surface area contributed by atoms with Crippen molar-refractivity contribution in [3.63, 3.8) is 0 Å². The van der Waals surface area contributed by atoms with E-state index < -0.39 is 0 Å². The van der Waals surface area contributed by atoms with Crippen LogP contribution in [-0.4, -0.2) is 28.1 Å². The summed E-state index contributed by atoms with van der Waals surface area (Å²) in [7, 11) is 0. The third-order valence-electron chi connectivity index (χ3n) is 3.82. The number of hydrogen-bond donors (Lipinski definition) is 1. The van der Waals surface area contributed by atoms with Crippen molar-refractivity contribution < 1.29 is 0 Å². The van der Waals surface area contributed by atoms with E-state index in [2.05, 4.69) is 48.0 Å². The molecular formula is C15H24N2S. The molecule has 1 saturated heterocycles. The van der Waals surface area contributed by atoms with Gasteiger partial charge < -0.3 is 5.32 Å². The molecule has 2 rings (SSSR count). The molecule has 0 radical (unpaired) electrons. The molecule has 0 aliphatic carbocycles. The van der Waals surface area contributed by atoms with Gasteiger partial charge in [-0.25, -0.2) is 0 Å². The fourth-order valence-electron chi connectivity index (χ4n) is 2.65. The lowest BCUT2D eigenvalue weighted by Gasteiger charge is -2.34. The lowest BCUT2D eigenvalue weighted by atomic mass is 9.91. The Balaban J connectivity index is 2.05. The molecule has 1 aromatic heterocycles. The topological polar surface area (TPSA) is 24.9 Å². The van der Waals surface area contributed by atoms with Gasteiger partial charge in [0, 0.05) is 23.2 Å². The van der Waals surface area contributed by atoms with Crippen molar-refractivity contribution in [3.8, 4) is 0 Å². The predicted molar refractivity (Wildman–Crippen MR) is 80.1 cm³/mol. The summed E-state index contributed by atoms with van der Waals surface area (Å²) in [5, 5.41) is 3.76. The molecule has 2 atom stereocenters. The van der Waals surface area contributed by atoms with E-state index in [0.717, 1.165) is 13.0 Å². The Kier molecular flexibility index (Phi) is 5.07. The monoisotopic (exact) mass is 264 g/mol. The molecule has 1 aliphatic rings. The highest BCUT2D eigenvalue weighted by molar-refractivity contribution is 8.00. The Hall–Kier alpha value is -0.540. The van der Waals surface area contributed by atoms with E-state index in [1.807, 2.05) is 12.4 Å². The molecule has 3 heteroatoms. The molecule has 1 aliphatic heterocycles. The number of rotatable bonds is 6. The van der Waals surface area contributed by atoms with E-state index in [-0.39, 0.29) is 0 Å². The van der Waals surface area contributed by atoms with Crippen molar-refractivity contribution in [1.82, 2.24) is 10.3 Å². The zero-order chi connectivity index (χ0) is 12.8. The van der Waals surface area contributed by atoms with E-state index in [1.54, 1.807) is 0 Å². The van der Waals surface area contributed by atoms with Gasteiger partial charge >= 0.3 is 0 Å². The van der Waals surface area contributed by atoms with Gasteiger partial charge in [0.2, 0.25) is 0 Å². The van der Waals surface area contributed by atoms with Crippen LogP contribution in [0, 0.1) is 0 Å². The minimum atomic E-state index is 0.401. The van der Waals surface area contributed by atoms with Gasteiger partial charge in [0.05, 0.1) is 0 Å². The zero-order valence-corrected chi connectivity index (χ0v) is 12.3. The van der Waals surface area contributed by atoms with Crippen LogP contribution in [0.3, 0.4) is 0 Å². The third-order valence-corrected chi connectivity index (χ3v) is 5.46. The average molecular weight is 264 g/mol. The van der Waals surface area contributed by atoms with Crippen molar-refractivity contribution in [3.05, 3.63) is 30.1 Å². The molecule has 0 aromatic carbocycles. The number of thioether (sulfide) groups is 1. The average Bonchev–Trinajstić information content (AvgIpc) is 2.84. The highest BCUT2D eigenvalue weighted by atomic mass is 32.2. The second-order valence-corrected chi connectivity index (χ2v) is 6.96. The summed E-state index contributed by atoms with van der Waals surface area (Å²) in [4.78, 5) is 4.10. The number of pyridine rings is 1. The zero-order valence-electron chi connectivity index (χ0n) is 11.5. The van der Waals surface area contributed by atoms with Crippen LogP contribution in [0.25, 0.3) is 0 Å². The second-order valence-electron chi connectivity index (χ2n) is 5.33. The van der Waals surface area contributed by atoms with Crippen LogP contribution in [0.1, 0.15) is 38.7 Å². The van der Waals surface area contributed by atoms with Crippen molar-refractivity contribution in [2.24, 2.45) is 0 Å². The summed E-state index contributed by atoms with van der Waals surface area (Å²) in [5.41, 5.74) is 1.40. The first-order chi connectivity index (χ1) is 8.74. The number of hydrogen-bond acceptors (Lipinski definition) is 3. The lowest BCUT2D eigenvalue weighted by Crippen LogP contribution is -2.47. The highest BCUT2D eigenvalue weighted by Gasteiger charge is 2.37. The summed E-state index contributed by atoms with van der Waals surface area (Å²) >= 11 is 2.14. The number of nitrogens with one attached hydrogen (secondary N) is 1. The van der Waals surface area contributed by atoms with Crippen LogP contribution in [-0.2, 0) is 6.42 Å². The molecule has 2 unspecified atom stereocenters. The lowest BCUT2D eigenvalue weighted by molar-refractivity contribution is 0.399. The van der Waals surface area contributed by atoms with Gasteiger partial charge in [0.1, 0.15) is 0 Å². The SMILES string of the molecule is CCCNC(Cc1ccncc1)C1(C)CCCS1. The van der Waals surface area contributed by atoms with Gasteiger partial charge in [-0.1, -0.05) is 6.92 Å². The third kappa shape index (κ3) is 3.48.